The van der Waals surface area contributed by atoms with Crippen molar-refractivity contribution in [2.24, 2.45) is 7.05 Å². The van der Waals surface area contributed by atoms with Gasteiger partial charge in [0.25, 0.3) is 11.5 Å². The molecule has 29 heavy (non-hydrogen) atoms. The lowest BCUT2D eigenvalue weighted by molar-refractivity contribution is 0.0953. The number of aliphatic hydroxyl groups excluding tert-OH is 1. The highest BCUT2D eigenvalue weighted by Crippen LogP contribution is 2.30. The highest BCUT2D eigenvalue weighted by molar-refractivity contribution is 7.17. The third-order valence-corrected chi connectivity index (χ3v) is 5.16. The minimum atomic E-state index is -0.472. The molecule has 0 saturated heterocycles. The fourth-order valence-corrected chi connectivity index (χ4v) is 3.73. The molecule has 0 aliphatic carbocycles. The van der Waals surface area contributed by atoms with E-state index >= 15 is 0 Å². The Bertz CT molecular complexity index is 1060. The lowest BCUT2D eigenvalue weighted by atomic mass is 10.1. The smallest absolute Gasteiger partial charge is 0.260 e. The quantitative estimate of drug-likeness (QED) is 0.529. The maximum absolute atomic E-state index is 14.3. The lowest BCUT2D eigenvalue weighted by Gasteiger charge is -2.17. The third kappa shape index (κ3) is 4.83. The maximum atomic E-state index is 14.3. The minimum absolute atomic E-state index is 0.0400. The van der Waals surface area contributed by atoms with E-state index in [1.807, 2.05) is 13.8 Å². The number of pyridine rings is 1. The fourth-order valence-electron chi connectivity index (χ4n) is 2.80. The molecular formula is C21H26FN3O3S. The summed E-state index contributed by atoms with van der Waals surface area (Å²) in [6, 6.07) is 6.36. The first-order chi connectivity index (χ1) is 13.9. The van der Waals surface area contributed by atoms with Crippen LogP contribution in [0, 0.1) is 12.7 Å². The van der Waals surface area contributed by atoms with Gasteiger partial charge in [-0.15, -0.1) is 11.3 Å². The predicted molar refractivity (Wildman–Crippen MR) is 117 cm³/mol. The number of hydrogen-bond donors (Lipinski definition) is 3. The molecule has 0 radical (unpaired) electrons. The standard InChI is InChI=1S/C19H20FN3O3S.C2H6/c1-11-4-5-14(13(20)10-11)22-17-15(18(25)21-7-3-8-24)16-12(6-9-27-16)19(26)23(17)2;1-2/h4-6,9-10,22,24H,3,7-8H2,1-2H3,(H,21,25);1-2H3. The number of halogens is 1. The van der Waals surface area contributed by atoms with Crippen LogP contribution in [0.2, 0.25) is 0 Å². The number of thiophene rings is 1. The van der Waals surface area contributed by atoms with Gasteiger partial charge < -0.3 is 15.7 Å². The largest absolute Gasteiger partial charge is 0.396 e. The normalized spacial score (nSPS) is 10.4. The van der Waals surface area contributed by atoms with Crippen LogP contribution in [-0.2, 0) is 7.05 Å². The number of nitrogens with zero attached hydrogens (tertiary/aromatic N) is 1. The molecule has 0 spiro atoms. The fraction of sp³-hybridized carbons (Fsp3) is 0.333. The molecule has 1 aromatic carbocycles. The second-order valence-corrected chi connectivity index (χ2v) is 7.11. The van der Waals surface area contributed by atoms with E-state index in [0.717, 1.165) is 5.56 Å². The number of carbonyl (C=O) groups excluding carboxylic acids is 1. The molecular weight excluding hydrogens is 393 g/mol. The van der Waals surface area contributed by atoms with Gasteiger partial charge in [-0.05, 0) is 42.5 Å². The van der Waals surface area contributed by atoms with Crippen molar-refractivity contribution in [2.75, 3.05) is 18.5 Å². The second kappa shape index (κ2) is 10.2. The molecule has 0 saturated carbocycles. The van der Waals surface area contributed by atoms with E-state index in [0.29, 0.717) is 23.1 Å². The van der Waals surface area contributed by atoms with Crippen LogP contribution < -0.4 is 16.2 Å². The number of amides is 1. The van der Waals surface area contributed by atoms with Gasteiger partial charge in [-0.25, -0.2) is 4.39 Å². The highest BCUT2D eigenvalue weighted by Gasteiger charge is 2.22. The zero-order valence-corrected chi connectivity index (χ0v) is 17.8. The van der Waals surface area contributed by atoms with E-state index in [2.05, 4.69) is 10.6 Å². The van der Waals surface area contributed by atoms with E-state index in [9.17, 15) is 14.0 Å². The van der Waals surface area contributed by atoms with E-state index in [1.165, 1.54) is 22.0 Å². The Balaban J connectivity index is 0.00000145. The number of fused-ring (bicyclic) bond motifs is 1. The number of carbonyl (C=O) groups is 1. The number of anilines is 2. The summed E-state index contributed by atoms with van der Waals surface area (Å²) < 4.78 is 16.2. The van der Waals surface area contributed by atoms with Gasteiger partial charge in [0.2, 0.25) is 0 Å². The number of benzene rings is 1. The van der Waals surface area contributed by atoms with Crippen LogP contribution in [0.4, 0.5) is 15.9 Å². The van der Waals surface area contributed by atoms with Gasteiger partial charge in [-0.2, -0.15) is 0 Å². The van der Waals surface area contributed by atoms with Gasteiger partial charge in [-0.3, -0.25) is 14.2 Å². The van der Waals surface area contributed by atoms with Gasteiger partial charge >= 0.3 is 0 Å². The Kier molecular flexibility index (Phi) is 7.92. The van der Waals surface area contributed by atoms with Crippen molar-refractivity contribution in [2.45, 2.75) is 27.2 Å². The summed E-state index contributed by atoms with van der Waals surface area (Å²) in [5, 5.41) is 16.8. The number of aromatic nitrogens is 1. The molecule has 0 bridgehead atoms. The van der Waals surface area contributed by atoms with Crippen molar-refractivity contribution >= 4 is 38.8 Å². The highest BCUT2D eigenvalue weighted by atomic mass is 32.1. The van der Waals surface area contributed by atoms with Crippen LogP contribution in [0.1, 0.15) is 36.2 Å². The number of rotatable bonds is 6. The molecule has 3 rings (SSSR count). The van der Waals surface area contributed by atoms with Gasteiger partial charge in [0, 0.05) is 20.2 Å². The van der Waals surface area contributed by atoms with Crippen LogP contribution in [-0.4, -0.2) is 28.7 Å². The van der Waals surface area contributed by atoms with E-state index in [1.54, 1.807) is 37.6 Å². The van der Waals surface area contributed by atoms with Crippen LogP contribution in [0.5, 0.6) is 0 Å². The van der Waals surface area contributed by atoms with Crippen LogP contribution in [0.15, 0.2) is 34.4 Å². The molecule has 156 valence electrons. The molecule has 2 heterocycles. The van der Waals surface area contributed by atoms with Gasteiger partial charge in [0.05, 0.1) is 21.3 Å². The average molecular weight is 420 g/mol. The molecule has 6 nitrogen and oxygen atoms in total. The number of aliphatic hydroxyl groups is 1. The topological polar surface area (TPSA) is 83.4 Å². The average Bonchev–Trinajstić information content (AvgIpc) is 3.19. The molecule has 0 aliphatic heterocycles. The zero-order valence-electron chi connectivity index (χ0n) is 17.0. The Morgan fingerprint density at radius 2 is 2.00 bits per heavy atom. The van der Waals surface area contributed by atoms with Crippen molar-refractivity contribution in [3.05, 3.63) is 56.9 Å². The Morgan fingerprint density at radius 1 is 1.28 bits per heavy atom. The Hall–Kier alpha value is -2.71. The molecule has 0 unspecified atom stereocenters. The monoisotopic (exact) mass is 419 g/mol. The Labute approximate surface area is 173 Å². The minimum Gasteiger partial charge on any atom is -0.396 e. The maximum Gasteiger partial charge on any atom is 0.260 e. The number of nitrogens with one attached hydrogen (secondary N) is 2. The first-order valence-corrected chi connectivity index (χ1v) is 10.3. The lowest BCUT2D eigenvalue weighted by Crippen LogP contribution is -2.29. The van der Waals surface area contributed by atoms with E-state index < -0.39 is 5.82 Å². The summed E-state index contributed by atoms with van der Waals surface area (Å²) in [5.41, 5.74) is 0.951. The third-order valence-electron chi connectivity index (χ3n) is 4.22. The summed E-state index contributed by atoms with van der Waals surface area (Å²) in [5.74, 6) is -0.638. The van der Waals surface area contributed by atoms with Gasteiger partial charge in [0.1, 0.15) is 11.6 Å². The zero-order chi connectivity index (χ0) is 21.6. The summed E-state index contributed by atoms with van der Waals surface area (Å²) >= 11 is 1.28. The van der Waals surface area contributed by atoms with Crippen molar-refractivity contribution in [3.63, 3.8) is 0 Å². The SMILES string of the molecule is CC.Cc1ccc(Nc2c(C(=O)NCCCO)c3sccc3c(=O)n2C)c(F)c1. The summed E-state index contributed by atoms with van der Waals surface area (Å²) in [6.45, 7) is 6.03. The summed E-state index contributed by atoms with van der Waals surface area (Å²) in [6.07, 6.45) is 0.417. The predicted octanol–water partition coefficient (Wildman–Crippen LogP) is 3.93. The van der Waals surface area contributed by atoms with E-state index in [4.69, 9.17) is 5.11 Å². The summed E-state index contributed by atoms with van der Waals surface area (Å²) in [4.78, 5) is 25.5. The van der Waals surface area contributed by atoms with Crippen LogP contribution in [0.3, 0.4) is 0 Å². The first-order valence-electron chi connectivity index (χ1n) is 9.46. The first kappa shape index (κ1) is 22.6. The molecule has 0 fully saturated rings. The van der Waals surface area contributed by atoms with Crippen molar-refractivity contribution in [1.82, 2.24) is 9.88 Å². The van der Waals surface area contributed by atoms with Gasteiger partial charge in [-0.1, -0.05) is 19.9 Å². The number of hydrogen-bond acceptors (Lipinski definition) is 5. The van der Waals surface area contributed by atoms with Crippen molar-refractivity contribution < 1.29 is 14.3 Å². The molecule has 1 amide bonds. The molecule has 3 N–H and O–H groups in total. The van der Waals surface area contributed by atoms with Crippen molar-refractivity contribution in [3.8, 4) is 0 Å². The molecule has 2 aromatic heterocycles. The number of aryl methyl sites for hydroxylation is 1. The second-order valence-electron chi connectivity index (χ2n) is 6.19. The van der Waals surface area contributed by atoms with Gasteiger partial charge in [0.15, 0.2) is 0 Å². The Morgan fingerprint density at radius 3 is 2.66 bits per heavy atom. The van der Waals surface area contributed by atoms with Crippen molar-refractivity contribution in [1.29, 1.82) is 0 Å². The molecule has 3 aromatic rings. The summed E-state index contributed by atoms with van der Waals surface area (Å²) in [7, 11) is 1.54. The van der Waals surface area contributed by atoms with Crippen LogP contribution in [0.25, 0.3) is 10.1 Å². The van der Waals surface area contributed by atoms with Crippen LogP contribution >= 0.6 is 11.3 Å². The molecule has 8 heteroatoms. The molecule has 0 atom stereocenters. The van der Waals surface area contributed by atoms with E-state index in [-0.39, 0.29) is 35.1 Å². The molecule has 0 aliphatic rings.